The molecule has 1 aromatic heterocycles. The Bertz CT molecular complexity index is 1190. The molecule has 1 heterocycles. The van der Waals surface area contributed by atoms with E-state index in [4.69, 9.17) is 0 Å². The number of hydrogen-bond donors (Lipinski definition) is 1. The highest BCUT2D eigenvalue weighted by Gasteiger charge is 2.27. The van der Waals surface area contributed by atoms with Crippen LogP contribution in [-0.4, -0.2) is 13.4 Å². The van der Waals surface area contributed by atoms with Gasteiger partial charge in [0.15, 0.2) is 0 Å². The molecule has 0 saturated carbocycles. The van der Waals surface area contributed by atoms with Gasteiger partial charge in [-0.3, -0.25) is 0 Å². The molecule has 26 heavy (non-hydrogen) atoms. The smallest absolute Gasteiger partial charge is 0.209 e. The average Bonchev–Trinajstić information content (AvgIpc) is 3.04. The maximum Gasteiger partial charge on any atom is 0.209 e. The highest BCUT2D eigenvalue weighted by Crippen LogP contribution is 2.38. The lowest BCUT2D eigenvalue weighted by Crippen LogP contribution is -2.03. The van der Waals surface area contributed by atoms with Crippen LogP contribution in [-0.2, 0) is 9.84 Å². The van der Waals surface area contributed by atoms with Gasteiger partial charge in [-0.2, -0.15) is 0 Å². The molecule has 0 unspecified atom stereocenters. The van der Waals surface area contributed by atoms with Gasteiger partial charge in [0.05, 0.1) is 16.1 Å². The summed E-state index contributed by atoms with van der Waals surface area (Å²) in [5, 5.41) is 0.741. The molecule has 0 amide bonds. The fraction of sp³-hybridized carbons (Fsp3) is 0.0909. The molecule has 0 saturated heterocycles. The van der Waals surface area contributed by atoms with E-state index < -0.39 is 9.84 Å². The minimum absolute atomic E-state index is 0.303. The van der Waals surface area contributed by atoms with E-state index in [0.717, 1.165) is 27.6 Å². The molecule has 0 aliphatic heterocycles. The van der Waals surface area contributed by atoms with Gasteiger partial charge >= 0.3 is 0 Å². The van der Waals surface area contributed by atoms with Crippen molar-refractivity contribution in [2.75, 3.05) is 0 Å². The minimum Gasteiger partial charge on any atom is -0.353 e. The molecule has 0 spiro atoms. The topological polar surface area (TPSA) is 49.9 Å². The van der Waals surface area contributed by atoms with Crippen LogP contribution in [0.4, 0.5) is 0 Å². The summed E-state index contributed by atoms with van der Waals surface area (Å²) in [5.74, 6) is 0. The fourth-order valence-corrected chi connectivity index (χ4v) is 5.07. The molecule has 0 radical (unpaired) electrons. The first-order valence-corrected chi connectivity index (χ1v) is 9.95. The van der Waals surface area contributed by atoms with Crippen LogP contribution in [0.25, 0.3) is 22.2 Å². The number of H-pyrrole nitrogens is 1. The monoisotopic (exact) mass is 361 g/mol. The average molecular weight is 361 g/mol. The van der Waals surface area contributed by atoms with Gasteiger partial charge in [0.25, 0.3) is 0 Å². The van der Waals surface area contributed by atoms with Crippen LogP contribution >= 0.6 is 0 Å². The third-order valence-electron chi connectivity index (χ3n) is 4.59. The van der Waals surface area contributed by atoms with E-state index in [1.54, 1.807) is 24.3 Å². The molecule has 0 fully saturated rings. The van der Waals surface area contributed by atoms with Gasteiger partial charge in [0.2, 0.25) is 9.84 Å². The molecule has 4 aromatic rings. The minimum atomic E-state index is -3.67. The zero-order chi connectivity index (χ0) is 18.3. The summed E-state index contributed by atoms with van der Waals surface area (Å²) in [5.41, 5.74) is 4.43. The van der Waals surface area contributed by atoms with Gasteiger partial charge in [-0.1, -0.05) is 60.2 Å². The van der Waals surface area contributed by atoms with Crippen LogP contribution in [0.5, 0.6) is 0 Å². The number of aryl methyl sites for hydroxylation is 2. The molecule has 0 bridgehead atoms. The van der Waals surface area contributed by atoms with E-state index in [0.29, 0.717) is 15.5 Å². The van der Waals surface area contributed by atoms with Crippen molar-refractivity contribution in [1.82, 2.24) is 4.98 Å². The molecule has 4 rings (SSSR count). The highest BCUT2D eigenvalue weighted by atomic mass is 32.2. The van der Waals surface area contributed by atoms with Crippen LogP contribution in [0.1, 0.15) is 11.1 Å². The number of benzene rings is 3. The largest absolute Gasteiger partial charge is 0.353 e. The van der Waals surface area contributed by atoms with Gasteiger partial charge in [-0.05, 0) is 43.2 Å². The van der Waals surface area contributed by atoms with Crippen molar-refractivity contribution in [2.24, 2.45) is 0 Å². The Morgan fingerprint density at radius 1 is 0.808 bits per heavy atom. The number of hydrogen-bond acceptors (Lipinski definition) is 2. The molecule has 1 N–H and O–H groups in total. The number of fused-ring (bicyclic) bond motifs is 1. The lowest BCUT2D eigenvalue weighted by atomic mass is 10.1. The standard InChI is InChI=1S/C22H19NO2S/c1-15-13-16(2)20-19(14-15)22(21(23-20)17-9-5-3-6-10-17)26(24,25)18-11-7-4-8-12-18/h3-14,23H,1-2H3. The van der Waals surface area contributed by atoms with Gasteiger partial charge in [0.1, 0.15) is 4.90 Å². The third kappa shape index (κ3) is 2.63. The molecular weight excluding hydrogens is 342 g/mol. The van der Waals surface area contributed by atoms with E-state index in [9.17, 15) is 8.42 Å². The zero-order valence-corrected chi connectivity index (χ0v) is 15.5. The van der Waals surface area contributed by atoms with Crippen molar-refractivity contribution in [1.29, 1.82) is 0 Å². The number of sulfone groups is 1. The van der Waals surface area contributed by atoms with Gasteiger partial charge in [-0.15, -0.1) is 0 Å². The summed E-state index contributed by atoms with van der Waals surface area (Å²) in [4.78, 5) is 4.02. The number of rotatable bonds is 3. The molecule has 0 atom stereocenters. The van der Waals surface area contributed by atoms with Crippen molar-refractivity contribution >= 4 is 20.7 Å². The summed E-state index contributed by atoms with van der Waals surface area (Å²) in [6.07, 6.45) is 0. The highest BCUT2D eigenvalue weighted by molar-refractivity contribution is 7.91. The first-order valence-electron chi connectivity index (χ1n) is 8.47. The van der Waals surface area contributed by atoms with Gasteiger partial charge in [-0.25, -0.2) is 8.42 Å². The van der Waals surface area contributed by atoms with E-state index in [1.807, 2.05) is 56.3 Å². The van der Waals surface area contributed by atoms with Crippen LogP contribution < -0.4 is 0 Å². The van der Waals surface area contributed by atoms with Crippen molar-refractivity contribution in [3.8, 4) is 11.3 Å². The van der Waals surface area contributed by atoms with Crippen molar-refractivity contribution in [3.05, 3.63) is 83.9 Å². The number of aromatic amines is 1. The zero-order valence-electron chi connectivity index (χ0n) is 14.7. The van der Waals surface area contributed by atoms with Crippen LogP contribution in [0.3, 0.4) is 0 Å². The predicted octanol–water partition coefficient (Wildman–Crippen LogP) is 5.28. The lowest BCUT2D eigenvalue weighted by Gasteiger charge is -2.08. The third-order valence-corrected chi connectivity index (χ3v) is 6.44. The number of nitrogens with one attached hydrogen (secondary N) is 1. The van der Waals surface area contributed by atoms with Crippen LogP contribution in [0, 0.1) is 13.8 Å². The summed E-state index contributed by atoms with van der Waals surface area (Å²) >= 11 is 0. The Balaban J connectivity index is 2.13. The maximum atomic E-state index is 13.5. The van der Waals surface area contributed by atoms with Crippen molar-refractivity contribution in [3.63, 3.8) is 0 Å². The van der Waals surface area contributed by atoms with Crippen molar-refractivity contribution in [2.45, 2.75) is 23.6 Å². The van der Waals surface area contributed by atoms with Crippen LogP contribution in [0.2, 0.25) is 0 Å². The first-order chi connectivity index (χ1) is 12.5. The number of aromatic nitrogens is 1. The molecular formula is C22H19NO2S. The van der Waals surface area contributed by atoms with E-state index in [1.165, 1.54) is 0 Å². The molecule has 3 aromatic carbocycles. The maximum absolute atomic E-state index is 13.5. The Labute approximate surface area is 153 Å². The van der Waals surface area contributed by atoms with E-state index in [2.05, 4.69) is 11.1 Å². The fourth-order valence-electron chi connectivity index (χ4n) is 3.43. The van der Waals surface area contributed by atoms with Gasteiger partial charge in [0, 0.05) is 5.39 Å². The molecule has 0 aliphatic rings. The van der Waals surface area contributed by atoms with Crippen molar-refractivity contribution < 1.29 is 8.42 Å². The second kappa shape index (κ2) is 6.15. The van der Waals surface area contributed by atoms with Crippen LogP contribution in [0.15, 0.2) is 82.6 Å². The van der Waals surface area contributed by atoms with Gasteiger partial charge < -0.3 is 4.98 Å². The second-order valence-electron chi connectivity index (χ2n) is 6.52. The molecule has 4 heteroatoms. The molecule has 0 aliphatic carbocycles. The Morgan fingerprint density at radius 3 is 2.08 bits per heavy atom. The predicted molar refractivity (Wildman–Crippen MR) is 105 cm³/mol. The molecule has 3 nitrogen and oxygen atoms in total. The van der Waals surface area contributed by atoms with E-state index in [-0.39, 0.29) is 0 Å². The lowest BCUT2D eigenvalue weighted by molar-refractivity contribution is 0.597. The summed E-state index contributed by atoms with van der Waals surface area (Å²) < 4.78 is 27.0. The summed E-state index contributed by atoms with van der Waals surface area (Å²) in [6, 6.07) is 22.2. The first kappa shape index (κ1) is 16.6. The Morgan fingerprint density at radius 2 is 1.42 bits per heavy atom. The van der Waals surface area contributed by atoms with E-state index >= 15 is 0 Å². The quantitative estimate of drug-likeness (QED) is 0.539. The molecule has 130 valence electrons. The Kier molecular flexibility index (Phi) is 3.93. The Hall–Kier alpha value is -2.85. The SMILES string of the molecule is Cc1cc(C)c2[nH]c(-c3ccccc3)c(S(=O)(=O)c3ccccc3)c2c1. The summed E-state index contributed by atoms with van der Waals surface area (Å²) in [7, 11) is -3.67. The summed E-state index contributed by atoms with van der Waals surface area (Å²) in [6.45, 7) is 3.99. The normalized spacial score (nSPS) is 11.8. The second-order valence-corrected chi connectivity index (χ2v) is 8.40.